The number of pyridine rings is 2. The van der Waals surface area contributed by atoms with Gasteiger partial charge in [-0.15, -0.1) is 5.11 Å². The average Bonchev–Trinajstić information content (AvgIpc) is 2.91. The number of azo groups is 1. The van der Waals surface area contributed by atoms with Crippen LogP contribution in [0.25, 0.3) is 0 Å². The first kappa shape index (κ1) is 30.2. The lowest BCUT2D eigenvalue weighted by molar-refractivity contribution is -0.119. The highest BCUT2D eigenvalue weighted by Gasteiger charge is 2.32. The van der Waals surface area contributed by atoms with E-state index in [-0.39, 0.29) is 17.2 Å². The average molecular weight is 530 g/mol. The molecule has 0 bridgehead atoms. The second-order valence-electron chi connectivity index (χ2n) is 9.18. The Labute approximate surface area is 225 Å². The number of nitrogens with one attached hydrogen (secondary N) is 1. The molecule has 0 radical (unpaired) electrons. The van der Waals surface area contributed by atoms with Crippen molar-refractivity contribution in [2.45, 2.75) is 84.6 Å². The van der Waals surface area contributed by atoms with E-state index in [0.717, 1.165) is 41.9 Å². The molecule has 3 N–H and O–H groups in total. The fourth-order valence-electron chi connectivity index (χ4n) is 4.57. The summed E-state index contributed by atoms with van der Waals surface area (Å²) in [5.74, 6) is 7.28. The Kier molecular flexibility index (Phi) is 11.4. The number of hydrogen-bond donors (Lipinski definition) is 2. The number of rotatable bonds is 8. The van der Waals surface area contributed by atoms with Gasteiger partial charge < -0.3 is 15.9 Å². The number of hydrogen-bond acceptors (Lipinski definition) is 8. The van der Waals surface area contributed by atoms with E-state index in [1.165, 1.54) is 31.7 Å². The number of ketones is 1. The molecule has 37 heavy (non-hydrogen) atoms. The zero-order valence-corrected chi connectivity index (χ0v) is 23.8. The zero-order valence-electron chi connectivity index (χ0n) is 23.1. The molecule has 2 aromatic heterocycles. The minimum absolute atomic E-state index is 0.158. The quantitative estimate of drug-likeness (QED) is 0.137. The third-order valence-corrected chi connectivity index (χ3v) is 7.19. The number of ether oxygens (including phenoxy) is 1. The van der Waals surface area contributed by atoms with Gasteiger partial charge in [-0.1, -0.05) is 45.7 Å². The van der Waals surface area contributed by atoms with Crippen LogP contribution in [0, 0.1) is 6.92 Å². The van der Waals surface area contributed by atoms with Crippen molar-refractivity contribution in [3.63, 3.8) is 0 Å². The Morgan fingerprint density at radius 1 is 1.32 bits per heavy atom. The zero-order chi connectivity index (χ0) is 27.6. The number of amidine groups is 1. The standard InChI is InChI=1S/C16H26N6.C11H14ClNO2/c1-5-8-16(6-2)9-7-12-10-13(15(21-17)22-18-4)11(3)19-14(12)20-16;1-4-10(14)7(2)8-5-11(15-3)13-6-9(8)12/h10H,5-9,17H2,1-4H3,(H,19,20);5-7H,4H2,1-3H3/b21-15-,22-18?;. The predicted molar refractivity (Wildman–Crippen MR) is 150 cm³/mol. The van der Waals surface area contributed by atoms with Gasteiger partial charge in [-0.2, -0.15) is 10.2 Å². The molecule has 10 heteroatoms. The SMILES string of the molecule is CCC(=O)C(C)c1cc(OC)ncc1Cl.CCCC1(CC)CCc2cc(/C(N=NC)=N/N)c(C)nc2N1. The predicted octanol–water partition coefficient (Wildman–Crippen LogP) is 6.23. The molecule has 0 saturated carbocycles. The number of halogens is 1. The number of fused-ring (bicyclic) bond motifs is 1. The topological polar surface area (TPSA) is 127 Å². The van der Waals surface area contributed by atoms with Crippen molar-refractivity contribution in [2.24, 2.45) is 21.2 Å². The molecule has 0 amide bonds. The Bertz CT molecular complexity index is 1140. The van der Waals surface area contributed by atoms with Crippen LogP contribution in [0.2, 0.25) is 5.02 Å². The minimum Gasteiger partial charge on any atom is -0.481 e. The molecule has 0 spiro atoms. The summed E-state index contributed by atoms with van der Waals surface area (Å²) in [4.78, 5) is 20.2. The Balaban J connectivity index is 0.000000281. The highest BCUT2D eigenvalue weighted by molar-refractivity contribution is 6.31. The number of carbonyl (C=O) groups excluding carboxylic acids is 1. The summed E-state index contributed by atoms with van der Waals surface area (Å²) in [5, 5.41) is 15.7. The van der Waals surface area contributed by atoms with Crippen LogP contribution in [0.5, 0.6) is 5.88 Å². The number of aromatic nitrogens is 2. The van der Waals surface area contributed by atoms with Gasteiger partial charge >= 0.3 is 0 Å². The van der Waals surface area contributed by atoms with E-state index in [0.29, 0.717) is 23.2 Å². The lowest BCUT2D eigenvalue weighted by Crippen LogP contribution is -2.41. The van der Waals surface area contributed by atoms with Crippen molar-refractivity contribution in [3.8, 4) is 5.88 Å². The summed E-state index contributed by atoms with van der Waals surface area (Å²) < 4.78 is 4.99. The Hall–Kier alpha value is -3.07. The molecule has 0 saturated heterocycles. The maximum Gasteiger partial charge on any atom is 0.213 e. The second kappa shape index (κ2) is 14.0. The van der Waals surface area contributed by atoms with Crippen molar-refractivity contribution in [2.75, 3.05) is 19.5 Å². The molecule has 0 aromatic carbocycles. The van der Waals surface area contributed by atoms with Crippen LogP contribution >= 0.6 is 11.6 Å². The summed E-state index contributed by atoms with van der Waals surface area (Å²) in [6.45, 7) is 10.1. The van der Waals surface area contributed by atoms with E-state index in [1.807, 2.05) is 20.8 Å². The third kappa shape index (κ3) is 7.47. The van der Waals surface area contributed by atoms with E-state index in [4.69, 9.17) is 27.2 Å². The number of methoxy groups -OCH3 is 1. The fourth-order valence-corrected chi connectivity index (χ4v) is 4.84. The van der Waals surface area contributed by atoms with Gasteiger partial charge in [-0.3, -0.25) is 4.79 Å². The van der Waals surface area contributed by atoms with Crippen LogP contribution in [0.3, 0.4) is 0 Å². The number of hydrazone groups is 1. The molecule has 2 unspecified atom stereocenters. The van der Waals surface area contributed by atoms with Crippen LogP contribution in [0.15, 0.2) is 33.7 Å². The van der Waals surface area contributed by atoms with Gasteiger partial charge in [-0.05, 0) is 49.8 Å². The molecule has 1 aliphatic rings. The van der Waals surface area contributed by atoms with Gasteiger partial charge in [0.25, 0.3) is 0 Å². The Morgan fingerprint density at radius 2 is 2.05 bits per heavy atom. The first-order valence-corrected chi connectivity index (χ1v) is 13.2. The lowest BCUT2D eigenvalue weighted by Gasteiger charge is -2.39. The molecular weight excluding hydrogens is 490 g/mol. The van der Waals surface area contributed by atoms with Gasteiger partial charge in [-0.25, -0.2) is 9.97 Å². The van der Waals surface area contributed by atoms with Crippen molar-refractivity contribution in [1.29, 1.82) is 0 Å². The molecule has 9 nitrogen and oxygen atoms in total. The van der Waals surface area contributed by atoms with Gasteiger partial charge in [0.1, 0.15) is 11.6 Å². The van der Waals surface area contributed by atoms with Crippen LogP contribution in [0.4, 0.5) is 5.82 Å². The van der Waals surface area contributed by atoms with E-state index in [1.54, 1.807) is 13.1 Å². The number of aryl methyl sites for hydroxylation is 2. The van der Waals surface area contributed by atoms with Crippen molar-refractivity contribution in [3.05, 3.63) is 45.7 Å². The third-order valence-electron chi connectivity index (χ3n) is 6.88. The summed E-state index contributed by atoms with van der Waals surface area (Å²) in [7, 11) is 3.14. The number of anilines is 1. The maximum absolute atomic E-state index is 11.5. The summed E-state index contributed by atoms with van der Waals surface area (Å²) in [6, 6.07) is 3.80. The number of nitrogens with zero attached hydrogens (tertiary/aromatic N) is 5. The summed E-state index contributed by atoms with van der Waals surface area (Å²) in [6.07, 6.45) is 7.61. The first-order chi connectivity index (χ1) is 17.7. The maximum atomic E-state index is 11.5. The summed E-state index contributed by atoms with van der Waals surface area (Å²) in [5.41, 5.74) is 3.87. The number of nitrogens with two attached hydrogens (primary N) is 1. The van der Waals surface area contributed by atoms with E-state index >= 15 is 0 Å². The molecule has 2 atom stereocenters. The van der Waals surface area contributed by atoms with Crippen molar-refractivity contribution < 1.29 is 9.53 Å². The van der Waals surface area contributed by atoms with E-state index < -0.39 is 0 Å². The molecule has 0 aliphatic carbocycles. The van der Waals surface area contributed by atoms with Gasteiger partial charge in [0, 0.05) is 42.8 Å². The van der Waals surface area contributed by atoms with Crippen LogP contribution in [-0.4, -0.2) is 41.3 Å². The van der Waals surface area contributed by atoms with Crippen LogP contribution in [0.1, 0.15) is 88.1 Å². The van der Waals surface area contributed by atoms with Crippen molar-refractivity contribution in [1.82, 2.24) is 9.97 Å². The Morgan fingerprint density at radius 3 is 2.62 bits per heavy atom. The van der Waals surface area contributed by atoms with Crippen LogP contribution in [-0.2, 0) is 11.2 Å². The molecule has 202 valence electrons. The van der Waals surface area contributed by atoms with Crippen molar-refractivity contribution >= 4 is 29.0 Å². The van der Waals surface area contributed by atoms with E-state index in [2.05, 4.69) is 45.5 Å². The molecule has 3 heterocycles. The highest BCUT2D eigenvalue weighted by Crippen LogP contribution is 2.36. The molecule has 3 rings (SSSR count). The molecule has 0 fully saturated rings. The normalized spacial score (nSPS) is 17.9. The van der Waals surface area contributed by atoms with E-state index in [9.17, 15) is 4.79 Å². The smallest absolute Gasteiger partial charge is 0.213 e. The van der Waals surface area contributed by atoms with Gasteiger partial charge in [0.15, 0.2) is 0 Å². The second-order valence-corrected chi connectivity index (χ2v) is 9.59. The molecule has 1 aliphatic heterocycles. The van der Waals surface area contributed by atoms with Crippen LogP contribution < -0.4 is 15.9 Å². The molecular formula is C27H40ClN7O2. The molecule has 2 aromatic rings. The number of Topliss-reactive ketones (excluding diaryl/α,β-unsaturated/α-hetero) is 1. The minimum atomic E-state index is -0.209. The number of carbonyl (C=O) groups is 1. The van der Waals surface area contributed by atoms with Gasteiger partial charge in [0.2, 0.25) is 11.7 Å². The fraction of sp³-hybridized carbons (Fsp3) is 0.556. The first-order valence-electron chi connectivity index (χ1n) is 12.8. The summed E-state index contributed by atoms with van der Waals surface area (Å²) >= 11 is 5.98. The van der Waals surface area contributed by atoms with Gasteiger partial charge in [0.05, 0.1) is 17.8 Å². The largest absolute Gasteiger partial charge is 0.481 e. The lowest BCUT2D eigenvalue weighted by atomic mass is 9.81. The monoisotopic (exact) mass is 529 g/mol. The highest BCUT2D eigenvalue weighted by atomic mass is 35.5.